The second-order valence-electron chi connectivity index (χ2n) is 4.81. The summed E-state index contributed by atoms with van der Waals surface area (Å²) in [5.74, 6) is 1.87. The first-order valence-corrected chi connectivity index (χ1v) is 6.99. The molecule has 1 aromatic heterocycles. The van der Waals surface area contributed by atoms with Gasteiger partial charge in [0, 0.05) is 18.2 Å². The highest BCUT2D eigenvalue weighted by Gasteiger charge is 2.15. The summed E-state index contributed by atoms with van der Waals surface area (Å²) in [5, 5.41) is 6.61. The minimum absolute atomic E-state index is 0.123. The van der Waals surface area contributed by atoms with Crippen LogP contribution in [0, 0.1) is 0 Å². The second-order valence-corrected chi connectivity index (χ2v) is 4.81. The SMILES string of the molecule is C=CCNC(=O)Cc1cc(-c2ccc3c(c2)OCCO3)on1. The van der Waals surface area contributed by atoms with Crippen molar-refractivity contribution in [3.8, 4) is 22.8 Å². The molecule has 0 spiro atoms. The molecular formula is C16H16N2O4. The van der Waals surface area contributed by atoms with Gasteiger partial charge in [0.05, 0.1) is 12.1 Å². The molecule has 22 heavy (non-hydrogen) atoms. The predicted octanol–water partition coefficient (Wildman–Crippen LogP) is 1.96. The summed E-state index contributed by atoms with van der Waals surface area (Å²) in [7, 11) is 0. The summed E-state index contributed by atoms with van der Waals surface area (Å²) in [6, 6.07) is 7.30. The number of nitrogens with zero attached hydrogens (tertiary/aromatic N) is 1. The van der Waals surface area contributed by atoms with Crippen molar-refractivity contribution >= 4 is 5.91 Å². The van der Waals surface area contributed by atoms with Gasteiger partial charge in [-0.1, -0.05) is 11.2 Å². The molecule has 1 N–H and O–H groups in total. The van der Waals surface area contributed by atoms with E-state index >= 15 is 0 Å². The van der Waals surface area contributed by atoms with Crippen LogP contribution in [0.2, 0.25) is 0 Å². The summed E-state index contributed by atoms with van der Waals surface area (Å²) in [6.45, 7) is 5.07. The molecule has 3 rings (SSSR count). The average Bonchev–Trinajstić information content (AvgIpc) is 3.01. The Kier molecular flexibility index (Phi) is 4.09. The first-order valence-electron chi connectivity index (χ1n) is 6.99. The number of carbonyl (C=O) groups is 1. The van der Waals surface area contributed by atoms with Crippen LogP contribution >= 0.6 is 0 Å². The zero-order valence-corrected chi connectivity index (χ0v) is 12.0. The minimum atomic E-state index is -0.123. The molecule has 0 saturated carbocycles. The van der Waals surface area contributed by atoms with Crippen molar-refractivity contribution in [1.82, 2.24) is 10.5 Å². The largest absolute Gasteiger partial charge is 0.486 e. The van der Waals surface area contributed by atoms with E-state index in [2.05, 4.69) is 17.1 Å². The molecule has 0 radical (unpaired) electrons. The lowest BCUT2D eigenvalue weighted by molar-refractivity contribution is -0.120. The number of benzene rings is 1. The number of hydrogen-bond acceptors (Lipinski definition) is 5. The van der Waals surface area contributed by atoms with E-state index in [0.717, 1.165) is 11.3 Å². The molecule has 1 amide bonds. The van der Waals surface area contributed by atoms with Crippen LogP contribution in [0.5, 0.6) is 11.5 Å². The highest BCUT2D eigenvalue weighted by Crippen LogP contribution is 2.34. The van der Waals surface area contributed by atoms with E-state index in [1.165, 1.54) is 0 Å². The van der Waals surface area contributed by atoms with Crippen LogP contribution < -0.4 is 14.8 Å². The number of carbonyl (C=O) groups excluding carboxylic acids is 1. The molecular weight excluding hydrogens is 284 g/mol. The first kappa shape index (κ1) is 14.2. The van der Waals surface area contributed by atoms with Gasteiger partial charge in [-0.25, -0.2) is 0 Å². The minimum Gasteiger partial charge on any atom is -0.486 e. The van der Waals surface area contributed by atoms with Gasteiger partial charge in [0.1, 0.15) is 13.2 Å². The van der Waals surface area contributed by atoms with E-state index in [0.29, 0.717) is 37.0 Å². The van der Waals surface area contributed by atoms with Crippen LogP contribution in [0.1, 0.15) is 5.69 Å². The third-order valence-electron chi connectivity index (χ3n) is 3.17. The van der Waals surface area contributed by atoms with Crippen LogP contribution in [-0.2, 0) is 11.2 Å². The maximum absolute atomic E-state index is 11.6. The number of aromatic nitrogens is 1. The van der Waals surface area contributed by atoms with Gasteiger partial charge < -0.3 is 19.3 Å². The van der Waals surface area contributed by atoms with Crippen LogP contribution in [0.4, 0.5) is 0 Å². The van der Waals surface area contributed by atoms with Crippen molar-refractivity contribution in [2.24, 2.45) is 0 Å². The van der Waals surface area contributed by atoms with E-state index < -0.39 is 0 Å². The molecule has 0 bridgehead atoms. The number of nitrogens with one attached hydrogen (secondary N) is 1. The third kappa shape index (κ3) is 3.11. The highest BCUT2D eigenvalue weighted by atomic mass is 16.6. The average molecular weight is 300 g/mol. The van der Waals surface area contributed by atoms with Gasteiger partial charge in [-0.05, 0) is 18.2 Å². The molecule has 2 heterocycles. The fourth-order valence-corrected chi connectivity index (χ4v) is 2.14. The molecule has 1 aromatic carbocycles. The summed E-state index contributed by atoms with van der Waals surface area (Å²) in [5.41, 5.74) is 1.40. The lowest BCUT2D eigenvalue weighted by Crippen LogP contribution is -2.24. The molecule has 6 nitrogen and oxygen atoms in total. The molecule has 114 valence electrons. The zero-order chi connectivity index (χ0) is 15.4. The Morgan fingerprint density at radius 2 is 2.09 bits per heavy atom. The zero-order valence-electron chi connectivity index (χ0n) is 12.0. The monoisotopic (exact) mass is 300 g/mol. The van der Waals surface area contributed by atoms with E-state index in [-0.39, 0.29) is 12.3 Å². The van der Waals surface area contributed by atoms with Crippen molar-refractivity contribution in [2.75, 3.05) is 19.8 Å². The fraction of sp³-hybridized carbons (Fsp3) is 0.250. The molecule has 6 heteroatoms. The number of ether oxygens (including phenoxy) is 2. The van der Waals surface area contributed by atoms with E-state index in [4.69, 9.17) is 14.0 Å². The van der Waals surface area contributed by atoms with Crippen LogP contribution in [-0.4, -0.2) is 30.8 Å². The Bertz CT molecular complexity index is 693. The number of amides is 1. The molecule has 1 aliphatic heterocycles. The van der Waals surface area contributed by atoms with E-state index in [1.807, 2.05) is 18.2 Å². The standard InChI is InChI=1S/C16H16N2O4/c1-2-5-17-16(19)10-12-9-14(22-18-12)11-3-4-13-15(8-11)21-7-6-20-13/h2-4,8-9H,1,5-7,10H2,(H,17,19). The number of rotatable bonds is 5. The van der Waals surface area contributed by atoms with Crippen LogP contribution in [0.3, 0.4) is 0 Å². The van der Waals surface area contributed by atoms with Gasteiger partial charge >= 0.3 is 0 Å². The van der Waals surface area contributed by atoms with E-state index in [9.17, 15) is 4.79 Å². The first-order chi connectivity index (χ1) is 10.8. The smallest absolute Gasteiger partial charge is 0.226 e. The fourth-order valence-electron chi connectivity index (χ4n) is 2.14. The topological polar surface area (TPSA) is 73.6 Å². The molecule has 0 atom stereocenters. The summed E-state index contributed by atoms with van der Waals surface area (Å²) >= 11 is 0. The van der Waals surface area contributed by atoms with Crippen molar-refractivity contribution in [1.29, 1.82) is 0 Å². The predicted molar refractivity (Wildman–Crippen MR) is 79.8 cm³/mol. The van der Waals surface area contributed by atoms with Crippen molar-refractivity contribution in [3.05, 3.63) is 42.6 Å². The van der Waals surface area contributed by atoms with Crippen LogP contribution in [0.15, 0.2) is 41.4 Å². The molecule has 1 aliphatic rings. The maximum Gasteiger partial charge on any atom is 0.226 e. The highest BCUT2D eigenvalue weighted by molar-refractivity contribution is 5.78. The Balaban J connectivity index is 1.73. The van der Waals surface area contributed by atoms with Gasteiger partial charge in [-0.3, -0.25) is 4.79 Å². The molecule has 0 fully saturated rings. The molecule has 0 unspecified atom stereocenters. The van der Waals surface area contributed by atoms with Gasteiger partial charge in [0.2, 0.25) is 5.91 Å². The number of hydrogen-bond donors (Lipinski definition) is 1. The lowest BCUT2D eigenvalue weighted by Gasteiger charge is -2.18. The molecule has 2 aromatic rings. The van der Waals surface area contributed by atoms with Crippen LogP contribution in [0.25, 0.3) is 11.3 Å². The van der Waals surface area contributed by atoms with Gasteiger partial charge in [-0.2, -0.15) is 0 Å². The van der Waals surface area contributed by atoms with Gasteiger partial charge in [0.25, 0.3) is 0 Å². The van der Waals surface area contributed by atoms with Crippen molar-refractivity contribution in [2.45, 2.75) is 6.42 Å². The third-order valence-corrected chi connectivity index (χ3v) is 3.17. The normalized spacial score (nSPS) is 12.7. The quantitative estimate of drug-likeness (QED) is 0.854. The van der Waals surface area contributed by atoms with Crippen molar-refractivity contribution in [3.63, 3.8) is 0 Å². The lowest BCUT2D eigenvalue weighted by atomic mass is 10.1. The van der Waals surface area contributed by atoms with E-state index in [1.54, 1.807) is 12.1 Å². The Labute approximate surface area is 127 Å². The van der Waals surface area contributed by atoms with Crippen molar-refractivity contribution < 1.29 is 18.8 Å². The van der Waals surface area contributed by atoms with Gasteiger partial charge in [-0.15, -0.1) is 6.58 Å². The summed E-state index contributed by atoms with van der Waals surface area (Å²) < 4.78 is 16.3. The Morgan fingerprint density at radius 3 is 2.91 bits per heavy atom. The van der Waals surface area contributed by atoms with Gasteiger partial charge in [0.15, 0.2) is 17.3 Å². The summed E-state index contributed by atoms with van der Waals surface area (Å²) in [6.07, 6.45) is 1.79. The Hall–Kier alpha value is -2.76. The Morgan fingerprint density at radius 1 is 1.27 bits per heavy atom. The summed E-state index contributed by atoms with van der Waals surface area (Å²) in [4.78, 5) is 11.6. The molecule has 0 saturated heterocycles. The number of fused-ring (bicyclic) bond motifs is 1. The molecule has 0 aliphatic carbocycles. The maximum atomic E-state index is 11.6. The second kappa shape index (κ2) is 6.34.